The normalized spacial score (nSPS) is 16.1. The number of aldehydes is 1. The average Bonchev–Trinajstić information content (AvgIpc) is 2.30. The Kier molecular flexibility index (Phi) is 4.17. The molecule has 1 rings (SSSR count). The van der Waals surface area contributed by atoms with E-state index in [0.29, 0.717) is 0 Å². The molecule has 3 atom stereocenters. The van der Waals surface area contributed by atoms with E-state index in [-0.39, 0.29) is 16.8 Å². The van der Waals surface area contributed by atoms with Gasteiger partial charge in [0.1, 0.15) is 6.29 Å². The van der Waals surface area contributed by atoms with Gasteiger partial charge in [-0.1, -0.05) is 37.3 Å². The maximum Gasteiger partial charge on any atom is 0.217 e. The second-order valence-electron chi connectivity index (χ2n) is 3.96. The van der Waals surface area contributed by atoms with Gasteiger partial charge >= 0.3 is 0 Å². The second-order valence-corrected chi connectivity index (χ2v) is 3.96. The van der Waals surface area contributed by atoms with Gasteiger partial charge in [0.25, 0.3) is 0 Å². The number of hydrogen-bond acceptors (Lipinski definition) is 3. The summed E-state index contributed by atoms with van der Waals surface area (Å²) in [6.07, 6.45) is 0.775. The lowest BCUT2D eigenvalue weighted by Crippen LogP contribution is -2.29. The predicted octanol–water partition coefficient (Wildman–Crippen LogP) is 2.27. The third-order valence-electron chi connectivity index (χ3n) is 2.82. The van der Waals surface area contributed by atoms with Crippen LogP contribution in [0.1, 0.15) is 25.3 Å². The first-order chi connectivity index (χ1) is 7.57. The van der Waals surface area contributed by atoms with E-state index in [1.807, 2.05) is 30.3 Å². The zero-order valence-electron chi connectivity index (χ0n) is 9.37. The van der Waals surface area contributed by atoms with Gasteiger partial charge in [0.05, 0.1) is 5.92 Å². The Balaban J connectivity index is 3.06. The van der Waals surface area contributed by atoms with E-state index in [0.717, 1.165) is 11.8 Å². The van der Waals surface area contributed by atoms with Crippen LogP contribution in [0.3, 0.4) is 0 Å². The highest BCUT2D eigenvalue weighted by atomic mass is 16.6. The number of nitro groups is 1. The molecule has 0 unspecified atom stereocenters. The third kappa shape index (κ3) is 2.66. The quantitative estimate of drug-likeness (QED) is 0.435. The molecule has 0 N–H and O–H groups in total. The van der Waals surface area contributed by atoms with E-state index in [4.69, 9.17) is 0 Å². The number of hydrogen-bond donors (Lipinski definition) is 0. The molecule has 0 radical (unpaired) electrons. The first-order valence-corrected chi connectivity index (χ1v) is 5.21. The van der Waals surface area contributed by atoms with Crippen LogP contribution in [0.2, 0.25) is 0 Å². The average molecular weight is 221 g/mol. The number of carbonyl (C=O) groups excluding carboxylic acids is 1. The fraction of sp³-hybridized carbons (Fsp3) is 0.417. The van der Waals surface area contributed by atoms with Crippen molar-refractivity contribution in [2.75, 3.05) is 0 Å². The Bertz CT molecular complexity index is 364. The molecule has 0 bridgehead atoms. The smallest absolute Gasteiger partial charge is 0.217 e. The SMILES string of the molecule is C[C@H](C=O)[C@@H](c1ccccc1)[C@H](C)[N+](=O)[O-]. The van der Waals surface area contributed by atoms with Crippen LogP contribution in [-0.4, -0.2) is 17.3 Å². The van der Waals surface area contributed by atoms with Gasteiger partial charge in [-0.3, -0.25) is 10.1 Å². The van der Waals surface area contributed by atoms with Crippen molar-refractivity contribution in [1.29, 1.82) is 0 Å². The summed E-state index contributed by atoms with van der Waals surface area (Å²) in [6.45, 7) is 3.25. The molecule has 1 aromatic rings. The lowest BCUT2D eigenvalue weighted by Gasteiger charge is -2.21. The van der Waals surface area contributed by atoms with E-state index >= 15 is 0 Å². The van der Waals surface area contributed by atoms with Crippen LogP contribution in [0.15, 0.2) is 30.3 Å². The minimum Gasteiger partial charge on any atom is -0.303 e. The first kappa shape index (κ1) is 12.4. The summed E-state index contributed by atoms with van der Waals surface area (Å²) >= 11 is 0. The highest BCUT2D eigenvalue weighted by Gasteiger charge is 2.32. The minimum absolute atomic E-state index is 0.336. The zero-order chi connectivity index (χ0) is 12.1. The molecule has 86 valence electrons. The molecule has 1 aromatic carbocycles. The molecular formula is C12H15NO3. The van der Waals surface area contributed by atoms with Crippen LogP contribution >= 0.6 is 0 Å². The van der Waals surface area contributed by atoms with Gasteiger partial charge in [0.15, 0.2) is 0 Å². The third-order valence-corrected chi connectivity index (χ3v) is 2.82. The van der Waals surface area contributed by atoms with E-state index in [1.54, 1.807) is 6.92 Å². The van der Waals surface area contributed by atoms with Crippen LogP contribution in [-0.2, 0) is 4.79 Å². The molecule has 0 aliphatic heterocycles. The Labute approximate surface area is 94.4 Å². The van der Waals surface area contributed by atoms with Crippen molar-refractivity contribution in [3.05, 3.63) is 46.0 Å². The van der Waals surface area contributed by atoms with Gasteiger partial charge in [0, 0.05) is 17.8 Å². The van der Waals surface area contributed by atoms with Gasteiger partial charge in [-0.15, -0.1) is 0 Å². The molecule has 0 aliphatic rings. The van der Waals surface area contributed by atoms with E-state index in [2.05, 4.69) is 0 Å². The highest BCUT2D eigenvalue weighted by molar-refractivity contribution is 5.55. The number of nitrogens with zero attached hydrogens (tertiary/aromatic N) is 1. The standard InChI is InChI=1S/C12H15NO3/c1-9(8-14)12(10(2)13(15)16)11-6-4-3-5-7-11/h3-10,12H,1-2H3/t9-,10+,12-/m1/s1. The molecule has 0 saturated heterocycles. The molecule has 4 heteroatoms. The molecule has 16 heavy (non-hydrogen) atoms. The van der Waals surface area contributed by atoms with Crippen LogP contribution < -0.4 is 0 Å². The molecule has 0 aromatic heterocycles. The number of benzene rings is 1. The Morgan fingerprint density at radius 1 is 1.25 bits per heavy atom. The van der Waals surface area contributed by atoms with Crippen molar-refractivity contribution in [3.8, 4) is 0 Å². The van der Waals surface area contributed by atoms with Gasteiger partial charge < -0.3 is 4.79 Å². The van der Waals surface area contributed by atoms with E-state index < -0.39 is 6.04 Å². The molecule has 0 aliphatic carbocycles. The molecular weight excluding hydrogens is 206 g/mol. The lowest BCUT2D eigenvalue weighted by molar-refractivity contribution is -0.523. The zero-order valence-corrected chi connectivity index (χ0v) is 9.37. The lowest BCUT2D eigenvalue weighted by atomic mass is 9.83. The van der Waals surface area contributed by atoms with Crippen molar-refractivity contribution in [1.82, 2.24) is 0 Å². The minimum atomic E-state index is -0.761. The van der Waals surface area contributed by atoms with Gasteiger partial charge in [-0.25, -0.2) is 0 Å². The summed E-state index contributed by atoms with van der Waals surface area (Å²) in [7, 11) is 0. The van der Waals surface area contributed by atoms with Gasteiger partial charge in [0.2, 0.25) is 6.04 Å². The van der Waals surface area contributed by atoms with Crippen molar-refractivity contribution < 1.29 is 9.72 Å². The van der Waals surface area contributed by atoms with Crippen LogP contribution in [0.25, 0.3) is 0 Å². The summed E-state index contributed by atoms with van der Waals surface area (Å²) in [5, 5.41) is 10.8. The Morgan fingerprint density at radius 2 is 1.81 bits per heavy atom. The van der Waals surface area contributed by atoms with Crippen molar-refractivity contribution in [2.45, 2.75) is 25.8 Å². The van der Waals surface area contributed by atoms with Crippen molar-refractivity contribution >= 4 is 6.29 Å². The summed E-state index contributed by atoms with van der Waals surface area (Å²) in [5.74, 6) is -0.725. The Hall–Kier alpha value is -1.71. The largest absolute Gasteiger partial charge is 0.303 e. The second kappa shape index (κ2) is 5.39. The summed E-state index contributed by atoms with van der Waals surface area (Å²) < 4.78 is 0. The van der Waals surface area contributed by atoms with Gasteiger partial charge in [-0.05, 0) is 5.56 Å². The number of rotatable bonds is 5. The Morgan fingerprint density at radius 3 is 2.25 bits per heavy atom. The maximum atomic E-state index is 10.8. The van der Waals surface area contributed by atoms with E-state index in [1.165, 1.54) is 6.92 Å². The molecule has 0 heterocycles. The molecule has 4 nitrogen and oxygen atoms in total. The van der Waals surface area contributed by atoms with Crippen LogP contribution in [0.4, 0.5) is 0 Å². The summed E-state index contributed by atoms with van der Waals surface area (Å²) in [5.41, 5.74) is 0.839. The molecule has 0 amide bonds. The fourth-order valence-corrected chi connectivity index (χ4v) is 1.91. The summed E-state index contributed by atoms with van der Waals surface area (Å²) in [6, 6.07) is 8.39. The first-order valence-electron chi connectivity index (χ1n) is 5.21. The van der Waals surface area contributed by atoms with E-state index in [9.17, 15) is 14.9 Å². The topological polar surface area (TPSA) is 60.2 Å². The van der Waals surface area contributed by atoms with Crippen LogP contribution in [0, 0.1) is 16.0 Å². The van der Waals surface area contributed by atoms with Crippen LogP contribution in [0.5, 0.6) is 0 Å². The molecule has 0 spiro atoms. The van der Waals surface area contributed by atoms with Crippen molar-refractivity contribution in [3.63, 3.8) is 0 Å². The maximum absolute atomic E-state index is 10.8. The van der Waals surface area contributed by atoms with Crippen molar-refractivity contribution in [2.24, 2.45) is 5.92 Å². The fourth-order valence-electron chi connectivity index (χ4n) is 1.91. The molecule has 0 saturated carbocycles. The monoisotopic (exact) mass is 221 g/mol. The summed E-state index contributed by atoms with van der Waals surface area (Å²) in [4.78, 5) is 21.3. The highest BCUT2D eigenvalue weighted by Crippen LogP contribution is 2.28. The predicted molar refractivity (Wildman–Crippen MR) is 60.9 cm³/mol. The number of carbonyl (C=O) groups is 1. The molecule has 0 fully saturated rings. The van der Waals surface area contributed by atoms with Gasteiger partial charge in [-0.2, -0.15) is 0 Å².